The fraction of sp³-hybridized carbons (Fsp3) is 0.292. The molecule has 4 aromatic rings. The number of carbonyl (C=O) groups excluding carboxylic acids is 1. The van der Waals surface area contributed by atoms with Crippen LogP contribution in [0, 0.1) is 6.92 Å². The molecular weight excluding hydrogens is 436 g/mol. The van der Waals surface area contributed by atoms with Crippen molar-refractivity contribution in [2.45, 2.75) is 33.2 Å². The molecule has 1 N–H and O–H groups in total. The fourth-order valence-corrected chi connectivity index (χ4v) is 3.36. The average Bonchev–Trinajstić information content (AvgIpc) is 3.50. The number of hydrogen-bond donors (Lipinski definition) is 1. The van der Waals surface area contributed by atoms with Gasteiger partial charge in [-0.05, 0) is 36.8 Å². The maximum atomic E-state index is 12.8. The minimum atomic E-state index is -0.234. The van der Waals surface area contributed by atoms with Gasteiger partial charge >= 0.3 is 0 Å². The number of nitrogens with one attached hydrogen (secondary N) is 1. The number of pyridine rings is 1. The van der Waals surface area contributed by atoms with Crippen LogP contribution in [0.1, 0.15) is 47.2 Å². The fourth-order valence-electron chi connectivity index (χ4n) is 3.36. The molecule has 176 valence electrons. The third kappa shape index (κ3) is 4.61. The summed E-state index contributed by atoms with van der Waals surface area (Å²) in [6.45, 7) is 6.15. The SMILES string of the molecule is COc1ccc(CNC(=O)c2cnn(-c3ccc(-c4nc(C(C)C)no4)cn3)c2C)cc1OC. The van der Waals surface area contributed by atoms with Crippen molar-refractivity contribution >= 4 is 5.91 Å². The van der Waals surface area contributed by atoms with E-state index in [1.165, 1.54) is 6.20 Å². The normalized spacial score (nSPS) is 11.0. The summed E-state index contributed by atoms with van der Waals surface area (Å²) in [5, 5.41) is 11.2. The summed E-state index contributed by atoms with van der Waals surface area (Å²) in [4.78, 5) is 21.6. The number of benzene rings is 1. The van der Waals surface area contributed by atoms with Crippen LogP contribution in [0.4, 0.5) is 0 Å². The van der Waals surface area contributed by atoms with Crippen LogP contribution in [0.15, 0.2) is 47.2 Å². The molecule has 1 amide bonds. The summed E-state index contributed by atoms with van der Waals surface area (Å²) in [6, 6.07) is 9.12. The summed E-state index contributed by atoms with van der Waals surface area (Å²) in [6.07, 6.45) is 3.17. The van der Waals surface area contributed by atoms with Crippen molar-refractivity contribution < 1.29 is 18.8 Å². The minimum Gasteiger partial charge on any atom is -0.493 e. The van der Waals surface area contributed by atoms with Crippen molar-refractivity contribution in [3.8, 4) is 28.8 Å². The van der Waals surface area contributed by atoms with Gasteiger partial charge in [0.15, 0.2) is 23.1 Å². The number of amides is 1. The molecule has 10 nitrogen and oxygen atoms in total. The molecule has 4 rings (SSSR count). The van der Waals surface area contributed by atoms with Crippen molar-refractivity contribution in [2.75, 3.05) is 14.2 Å². The lowest BCUT2D eigenvalue weighted by Gasteiger charge is -2.10. The van der Waals surface area contributed by atoms with E-state index in [2.05, 4.69) is 25.5 Å². The molecule has 0 aliphatic heterocycles. The van der Waals surface area contributed by atoms with Crippen LogP contribution >= 0.6 is 0 Å². The second-order valence-electron chi connectivity index (χ2n) is 7.94. The Balaban J connectivity index is 1.46. The Morgan fingerprint density at radius 1 is 1.12 bits per heavy atom. The molecule has 0 bridgehead atoms. The molecule has 0 fully saturated rings. The predicted octanol–water partition coefficient (Wildman–Crippen LogP) is 3.70. The van der Waals surface area contributed by atoms with Gasteiger partial charge in [0, 0.05) is 18.7 Å². The van der Waals surface area contributed by atoms with E-state index in [0.29, 0.717) is 52.4 Å². The van der Waals surface area contributed by atoms with Crippen molar-refractivity contribution in [1.82, 2.24) is 30.2 Å². The predicted molar refractivity (Wildman–Crippen MR) is 124 cm³/mol. The van der Waals surface area contributed by atoms with Crippen molar-refractivity contribution in [1.29, 1.82) is 0 Å². The molecule has 3 aromatic heterocycles. The maximum absolute atomic E-state index is 12.8. The molecule has 0 saturated heterocycles. The number of hydrogen-bond acceptors (Lipinski definition) is 8. The first kappa shape index (κ1) is 23.0. The van der Waals surface area contributed by atoms with Gasteiger partial charge in [-0.3, -0.25) is 4.79 Å². The van der Waals surface area contributed by atoms with Gasteiger partial charge in [-0.15, -0.1) is 0 Å². The number of rotatable bonds is 8. The van der Waals surface area contributed by atoms with Gasteiger partial charge in [-0.25, -0.2) is 9.67 Å². The molecule has 0 radical (unpaired) electrons. The van der Waals surface area contributed by atoms with Crippen LogP contribution in [0.5, 0.6) is 11.5 Å². The van der Waals surface area contributed by atoms with Gasteiger partial charge in [-0.2, -0.15) is 10.1 Å². The van der Waals surface area contributed by atoms with Gasteiger partial charge in [0.05, 0.1) is 37.2 Å². The zero-order valence-electron chi connectivity index (χ0n) is 19.7. The second-order valence-corrected chi connectivity index (χ2v) is 7.94. The van der Waals surface area contributed by atoms with E-state index >= 15 is 0 Å². The molecule has 10 heteroatoms. The lowest BCUT2D eigenvalue weighted by Crippen LogP contribution is -2.23. The van der Waals surface area contributed by atoms with E-state index in [0.717, 1.165) is 5.56 Å². The van der Waals surface area contributed by atoms with Gasteiger partial charge < -0.3 is 19.3 Å². The van der Waals surface area contributed by atoms with Crippen LogP contribution < -0.4 is 14.8 Å². The first-order chi connectivity index (χ1) is 16.4. The van der Waals surface area contributed by atoms with Gasteiger partial charge in [0.2, 0.25) is 0 Å². The Morgan fingerprint density at radius 3 is 2.56 bits per heavy atom. The number of methoxy groups -OCH3 is 2. The van der Waals surface area contributed by atoms with Crippen LogP contribution in [0.2, 0.25) is 0 Å². The molecule has 0 atom stereocenters. The van der Waals surface area contributed by atoms with Gasteiger partial charge in [-0.1, -0.05) is 25.1 Å². The van der Waals surface area contributed by atoms with E-state index in [1.807, 2.05) is 39.0 Å². The summed E-state index contributed by atoms with van der Waals surface area (Å²) in [5.41, 5.74) is 2.73. The first-order valence-corrected chi connectivity index (χ1v) is 10.8. The molecule has 0 aliphatic rings. The highest BCUT2D eigenvalue weighted by Crippen LogP contribution is 2.27. The topological polar surface area (TPSA) is 117 Å². The highest BCUT2D eigenvalue weighted by Gasteiger charge is 2.17. The lowest BCUT2D eigenvalue weighted by molar-refractivity contribution is 0.0950. The van der Waals surface area contributed by atoms with Gasteiger partial charge in [0.25, 0.3) is 11.8 Å². The van der Waals surface area contributed by atoms with Crippen LogP contribution in [0.25, 0.3) is 17.3 Å². The number of nitrogens with zero attached hydrogens (tertiary/aromatic N) is 5. The smallest absolute Gasteiger partial charge is 0.259 e. The largest absolute Gasteiger partial charge is 0.493 e. The molecular formula is C24H26N6O4. The number of carbonyl (C=O) groups is 1. The van der Waals surface area contributed by atoms with Crippen LogP contribution in [-0.2, 0) is 6.54 Å². The third-order valence-electron chi connectivity index (χ3n) is 5.33. The zero-order valence-corrected chi connectivity index (χ0v) is 19.7. The van der Waals surface area contributed by atoms with Crippen molar-refractivity contribution in [3.63, 3.8) is 0 Å². The Morgan fingerprint density at radius 2 is 1.91 bits per heavy atom. The molecule has 0 aliphatic carbocycles. The van der Waals surface area contributed by atoms with E-state index < -0.39 is 0 Å². The summed E-state index contributed by atoms with van der Waals surface area (Å²) < 4.78 is 17.5. The Hall–Kier alpha value is -4.21. The minimum absolute atomic E-state index is 0.174. The monoisotopic (exact) mass is 462 g/mol. The van der Waals surface area contributed by atoms with Crippen molar-refractivity contribution in [2.24, 2.45) is 0 Å². The van der Waals surface area contributed by atoms with Crippen LogP contribution in [-0.4, -0.2) is 45.0 Å². The molecule has 0 spiro atoms. The number of ether oxygens (including phenoxy) is 2. The highest BCUT2D eigenvalue weighted by atomic mass is 16.5. The first-order valence-electron chi connectivity index (χ1n) is 10.8. The molecule has 0 unspecified atom stereocenters. The zero-order chi connectivity index (χ0) is 24.2. The standard InChI is InChI=1S/C24H26N6O4/c1-14(2)22-28-24(34-29-22)17-7-9-21(25-12-17)30-15(3)18(13-27-30)23(31)26-11-16-6-8-19(32-4)20(10-16)33-5/h6-10,12-14H,11H2,1-5H3,(H,26,31). The van der Waals surface area contributed by atoms with E-state index in [4.69, 9.17) is 14.0 Å². The Kier molecular flexibility index (Phi) is 6.58. The van der Waals surface area contributed by atoms with Crippen LogP contribution in [0.3, 0.4) is 0 Å². The maximum Gasteiger partial charge on any atom is 0.259 e. The highest BCUT2D eigenvalue weighted by molar-refractivity contribution is 5.95. The lowest BCUT2D eigenvalue weighted by atomic mass is 10.2. The van der Waals surface area contributed by atoms with E-state index in [-0.39, 0.29) is 11.8 Å². The Bertz CT molecular complexity index is 1290. The number of aromatic nitrogens is 5. The molecule has 0 saturated carbocycles. The summed E-state index contributed by atoms with van der Waals surface area (Å²) in [7, 11) is 3.15. The van der Waals surface area contributed by atoms with Crippen molar-refractivity contribution in [3.05, 3.63) is 65.4 Å². The Labute approximate surface area is 196 Å². The molecule has 1 aromatic carbocycles. The van der Waals surface area contributed by atoms with E-state index in [9.17, 15) is 4.79 Å². The second kappa shape index (κ2) is 9.74. The third-order valence-corrected chi connectivity index (χ3v) is 5.33. The van der Waals surface area contributed by atoms with Gasteiger partial charge in [0.1, 0.15) is 0 Å². The summed E-state index contributed by atoms with van der Waals surface area (Å²) in [5.74, 6) is 2.81. The quantitative estimate of drug-likeness (QED) is 0.421. The van der Waals surface area contributed by atoms with E-state index in [1.54, 1.807) is 37.2 Å². The summed E-state index contributed by atoms with van der Waals surface area (Å²) >= 11 is 0. The molecule has 3 heterocycles. The molecule has 34 heavy (non-hydrogen) atoms. The average molecular weight is 463 g/mol.